The molecule has 146 valence electrons. The van der Waals surface area contributed by atoms with Crippen molar-refractivity contribution < 1.29 is 31.5 Å². The summed E-state index contributed by atoms with van der Waals surface area (Å²) in [5.74, 6) is -3.85. The Labute approximate surface area is 158 Å². The van der Waals surface area contributed by atoms with Gasteiger partial charge in [-0.3, -0.25) is 4.79 Å². The molecular weight excluding hydrogens is 405 g/mol. The summed E-state index contributed by atoms with van der Waals surface area (Å²) in [5, 5.41) is 0.291. The summed E-state index contributed by atoms with van der Waals surface area (Å²) in [6.07, 6.45) is -4.45. The fourth-order valence-electron chi connectivity index (χ4n) is 2.25. The molecule has 0 saturated carbocycles. The van der Waals surface area contributed by atoms with Crippen LogP contribution in [0.2, 0.25) is 0 Å². The summed E-state index contributed by atoms with van der Waals surface area (Å²) in [4.78, 5) is 15.2. The van der Waals surface area contributed by atoms with E-state index in [0.717, 1.165) is 35.8 Å². The van der Waals surface area contributed by atoms with Crippen molar-refractivity contribution in [2.75, 3.05) is 0 Å². The summed E-state index contributed by atoms with van der Waals surface area (Å²) in [5.41, 5.74) is 3.58. The van der Waals surface area contributed by atoms with E-state index in [1.807, 2.05) is 0 Å². The van der Waals surface area contributed by atoms with Gasteiger partial charge in [-0.25, -0.2) is 13.8 Å². The lowest BCUT2D eigenvalue weighted by molar-refractivity contribution is -0.137. The van der Waals surface area contributed by atoms with Crippen LogP contribution in [-0.4, -0.2) is 15.3 Å². The molecule has 2 aromatic carbocycles. The van der Waals surface area contributed by atoms with E-state index < -0.39 is 40.6 Å². The average molecular weight is 415 g/mol. The third-order valence-corrected chi connectivity index (χ3v) is 4.28. The van der Waals surface area contributed by atoms with Gasteiger partial charge in [0.05, 0.1) is 5.56 Å². The average Bonchev–Trinajstić information content (AvgIpc) is 3.09. The van der Waals surface area contributed by atoms with E-state index in [1.54, 1.807) is 0 Å². The quantitative estimate of drug-likeness (QED) is 0.635. The number of nitrogens with two attached hydrogens (primary N) is 1. The highest BCUT2D eigenvalue weighted by atomic mass is 32.1. The Morgan fingerprint density at radius 1 is 1.11 bits per heavy atom. The SMILES string of the molecule is NC(=O)c1c(F)ccc(OCc2nc(-c3ccc(C(F)(F)F)cc3)ns2)c1F. The smallest absolute Gasteiger partial charge is 0.416 e. The van der Waals surface area contributed by atoms with Gasteiger partial charge in [0, 0.05) is 5.56 Å². The first-order valence-electron chi connectivity index (χ1n) is 7.57. The summed E-state index contributed by atoms with van der Waals surface area (Å²) in [6, 6.07) is 6.11. The molecule has 0 aliphatic carbocycles. The number of aromatic nitrogens is 2. The van der Waals surface area contributed by atoms with Gasteiger partial charge < -0.3 is 10.5 Å². The number of carbonyl (C=O) groups excluding carboxylic acids is 1. The van der Waals surface area contributed by atoms with Gasteiger partial charge in [0.2, 0.25) is 0 Å². The maximum absolute atomic E-state index is 14.1. The van der Waals surface area contributed by atoms with Crippen LogP contribution in [-0.2, 0) is 12.8 Å². The number of rotatable bonds is 5. The van der Waals surface area contributed by atoms with Crippen LogP contribution in [0, 0.1) is 11.6 Å². The lowest BCUT2D eigenvalue weighted by Crippen LogP contribution is -2.16. The first-order chi connectivity index (χ1) is 13.2. The zero-order chi connectivity index (χ0) is 20.5. The highest BCUT2D eigenvalue weighted by molar-refractivity contribution is 7.05. The van der Waals surface area contributed by atoms with E-state index in [4.69, 9.17) is 10.5 Å². The standard InChI is InChI=1S/C17H10F5N3O2S/c18-10-5-6-11(14(19)13(10)15(23)26)27-7-12-24-16(25-28-12)8-1-3-9(4-2-8)17(20,21)22/h1-6H,7H2,(H2,23,26). The Morgan fingerprint density at radius 2 is 1.79 bits per heavy atom. The molecule has 0 atom stereocenters. The van der Waals surface area contributed by atoms with Crippen LogP contribution in [0.1, 0.15) is 20.9 Å². The van der Waals surface area contributed by atoms with Crippen molar-refractivity contribution in [3.05, 3.63) is 64.2 Å². The Balaban J connectivity index is 1.74. The van der Waals surface area contributed by atoms with Crippen LogP contribution in [0.4, 0.5) is 22.0 Å². The molecule has 0 bridgehead atoms. The van der Waals surface area contributed by atoms with Gasteiger partial charge in [-0.2, -0.15) is 17.5 Å². The molecule has 1 aromatic heterocycles. The van der Waals surface area contributed by atoms with Gasteiger partial charge in [0.25, 0.3) is 5.91 Å². The highest BCUT2D eigenvalue weighted by Crippen LogP contribution is 2.31. The van der Waals surface area contributed by atoms with Crippen LogP contribution < -0.4 is 10.5 Å². The lowest BCUT2D eigenvalue weighted by atomic mass is 10.1. The van der Waals surface area contributed by atoms with Crippen LogP contribution in [0.5, 0.6) is 5.75 Å². The molecule has 0 saturated heterocycles. The van der Waals surface area contributed by atoms with Crippen LogP contribution in [0.3, 0.4) is 0 Å². The van der Waals surface area contributed by atoms with E-state index in [-0.39, 0.29) is 12.4 Å². The Hall–Kier alpha value is -3.08. The summed E-state index contributed by atoms with van der Waals surface area (Å²) in [7, 11) is 0. The minimum atomic E-state index is -4.45. The van der Waals surface area contributed by atoms with Crippen molar-refractivity contribution in [2.45, 2.75) is 12.8 Å². The van der Waals surface area contributed by atoms with E-state index in [9.17, 15) is 26.7 Å². The van der Waals surface area contributed by atoms with Crippen LogP contribution in [0.15, 0.2) is 36.4 Å². The normalized spacial score (nSPS) is 11.5. The Kier molecular flexibility index (Phi) is 5.27. The number of halogens is 5. The largest absolute Gasteiger partial charge is 0.483 e. The zero-order valence-electron chi connectivity index (χ0n) is 13.8. The molecule has 0 fully saturated rings. The molecule has 11 heteroatoms. The number of carbonyl (C=O) groups is 1. The number of primary amides is 1. The van der Waals surface area contributed by atoms with Gasteiger partial charge in [0.1, 0.15) is 18.0 Å². The monoisotopic (exact) mass is 415 g/mol. The Morgan fingerprint density at radius 3 is 2.39 bits per heavy atom. The van der Waals surface area contributed by atoms with Crippen molar-refractivity contribution in [1.29, 1.82) is 0 Å². The molecule has 0 radical (unpaired) electrons. The second-order valence-corrected chi connectivity index (χ2v) is 6.31. The molecule has 1 heterocycles. The highest BCUT2D eigenvalue weighted by Gasteiger charge is 2.30. The second-order valence-electron chi connectivity index (χ2n) is 5.47. The second kappa shape index (κ2) is 7.50. The predicted molar refractivity (Wildman–Crippen MR) is 89.6 cm³/mol. The van der Waals surface area contributed by atoms with Gasteiger partial charge >= 0.3 is 6.18 Å². The van der Waals surface area contributed by atoms with Crippen molar-refractivity contribution in [1.82, 2.24) is 9.36 Å². The molecule has 0 aliphatic rings. The number of alkyl halides is 3. The van der Waals surface area contributed by atoms with E-state index >= 15 is 0 Å². The third-order valence-electron chi connectivity index (χ3n) is 3.59. The van der Waals surface area contributed by atoms with Gasteiger partial charge in [-0.05, 0) is 35.8 Å². The third kappa shape index (κ3) is 4.09. The Bertz CT molecular complexity index is 1020. The molecule has 3 aromatic rings. The first kappa shape index (κ1) is 19.7. The van der Waals surface area contributed by atoms with Gasteiger partial charge in [-0.15, -0.1) is 0 Å². The van der Waals surface area contributed by atoms with Crippen LogP contribution >= 0.6 is 11.5 Å². The molecule has 3 rings (SSSR count). The molecule has 28 heavy (non-hydrogen) atoms. The number of ether oxygens (including phenoxy) is 1. The topological polar surface area (TPSA) is 78.1 Å². The molecule has 0 aliphatic heterocycles. The number of hydrogen-bond donors (Lipinski definition) is 1. The molecular formula is C17H10F5N3O2S. The van der Waals surface area contributed by atoms with Crippen LogP contribution in [0.25, 0.3) is 11.4 Å². The van der Waals surface area contributed by atoms with E-state index in [2.05, 4.69) is 9.36 Å². The van der Waals surface area contributed by atoms with E-state index in [0.29, 0.717) is 10.6 Å². The number of benzene rings is 2. The minimum Gasteiger partial charge on any atom is -0.483 e. The molecule has 1 amide bonds. The number of amides is 1. The van der Waals surface area contributed by atoms with Gasteiger partial charge in [-0.1, -0.05) is 12.1 Å². The van der Waals surface area contributed by atoms with E-state index in [1.165, 1.54) is 12.1 Å². The maximum Gasteiger partial charge on any atom is 0.416 e. The number of hydrogen-bond acceptors (Lipinski definition) is 5. The minimum absolute atomic E-state index is 0.176. The maximum atomic E-state index is 14.1. The predicted octanol–water partition coefficient (Wildman–Crippen LogP) is 4.18. The van der Waals surface area contributed by atoms with Crippen molar-refractivity contribution >= 4 is 17.4 Å². The summed E-state index contributed by atoms with van der Waals surface area (Å²) >= 11 is 0.896. The number of nitrogens with zero attached hydrogens (tertiary/aromatic N) is 2. The van der Waals surface area contributed by atoms with Gasteiger partial charge in [0.15, 0.2) is 22.4 Å². The van der Waals surface area contributed by atoms with Crippen molar-refractivity contribution in [2.24, 2.45) is 5.73 Å². The fourth-order valence-corrected chi connectivity index (χ4v) is 2.83. The zero-order valence-corrected chi connectivity index (χ0v) is 14.6. The van der Waals surface area contributed by atoms with Crippen molar-refractivity contribution in [3.63, 3.8) is 0 Å². The fraction of sp³-hybridized carbons (Fsp3) is 0.118. The molecule has 0 spiro atoms. The summed E-state index contributed by atoms with van der Waals surface area (Å²) < 4.78 is 74.5. The van der Waals surface area contributed by atoms with Crippen molar-refractivity contribution in [3.8, 4) is 17.1 Å². The lowest BCUT2D eigenvalue weighted by Gasteiger charge is -2.08. The molecule has 0 unspecified atom stereocenters. The molecule has 5 nitrogen and oxygen atoms in total. The summed E-state index contributed by atoms with van der Waals surface area (Å²) in [6.45, 7) is -0.251. The first-order valence-corrected chi connectivity index (χ1v) is 8.35. The molecule has 2 N–H and O–H groups in total.